The van der Waals surface area contributed by atoms with Gasteiger partial charge in [-0.15, -0.1) is 0 Å². The van der Waals surface area contributed by atoms with Crippen LogP contribution in [0.1, 0.15) is 52.7 Å². The lowest BCUT2D eigenvalue weighted by atomic mass is 9.78. The number of hydrogen-bond donors (Lipinski definition) is 0. The van der Waals surface area contributed by atoms with Gasteiger partial charge in [0.1, 0.15) is 0 Å². The molecule has 0 aliphatic carbocycles. The molecule has 0 radical (unpaired) electrons. The summed E-state index contributed by atoms with van der Waals surface area (Å²) in [4.78, 5) is 0. The second-order valence-electron chi connectivity index (χ2n) is 18.0. The molecule has 0 spiro atoms. The molecular formula is C56H44. The van der Waals surface area contributed by atoms with Crippen molar-refractivity contribution in [3.05, 3.63) is 169 Å². The lowest BCUT2D eigenvalue weighted by Gasteiger charge is -2.26. The van der Waals surface area contributed by atoms with Gasteiger partial charge in [-0.2, -0.15) is 0 Å². The van der Waals surface area contributed by atoms with Crippen LogP contribution in [-0.4, -0.2) is 0 Å². The highest BCUT2D eigenvalue weighted by molar-refractivity contribution is 6.45. The Kier molecular flexibility index (Phi) is 6.88. The number of rotatable bonds is 3. The summed E-state index contributed by atoms with van der Waals surface area (Å²) in [5, 5.41) is 18.6. The number of benzene rings is 9. The second kappa shape index (κ2) is 11.6. The van der Waals surface area contributed by atoms with Crippen LogP contribution in [-0.2, 0) is 10.8 Å². The highest BCUT2D eigenvalue weighted by Gasteiger charge is 2.28. The molecule has 0 amide bonds. The maximum absolute atomic E-state index is 2.53. The Hall–Kier alpha value is -6.24. The van der Waals surface area contributed by atoms with Crippen LogP contribution in [0.4, 0.5) is 0 Å². The largest absolute Gasteiger partial charge is 0.0622 e. The number of hydrogen-bond acceptors (Lipinski definition) is 0. The van der Waals surface area contributed by atoms with E-state index in [9.17, 15) is 0 Å². The Bertz CT molecular complexity index is 3300. The van der Waals surface area contributed by atoms with Gasteiger partial charge in [-0.3, -0.25) is 0 Å². The fourth-order valence-electron chi connectivity index (χ4n) is 9.91. The molecule has 0 nitrogen and oxygen atoms in total. The summed E-state index contributed by atoms with van der Waals surface area (Å²) in [7, 11) is 0. The minimum atomic E-state index is 0.0287. The number of fused-ring (bicyclic) bond motifs is 8. The fourth-order valence-corrected chi connectivity index (χ4v) is 9.91. The van der Waals surface area contributed by atoms with Gasteiger partial charge in [-0.1, -0.05) is 193 Å². The molecule has 0 atom stereocenters. The third-order valence-corrected chi connectivity index (χ3v) is 12.6. The molecule has 11 rings (SSSR count). The summed E-state index contributed by atoms with van der Waals surface area (Å²) >= 11 is 0. The maximum atomic E-state index is 2.53. The molecular weight excluding hydrogens is 673 g/mol. The first-order chi connectivity index (χ1) is 27.1. The molecule has 0 unspecified atom stereocenters. The van der Waals surface area contributed by atoms with E-state index in [1.807, 2.05) is 0 Å². The van der Waals surface area contributed by atoms with Crippen molar-refractivity contribution in [3.63, 3.8) is 0 Å². The molecule has 11 aromatic carbocycles. The van der Waals surface area contributed by atoms with Crippen LogP contribution in [0.15, 0.2) is 158 Å². The van der Waals surface area contributed by atoms with Gasteiger partial charge in [-0.25, -0.2) is 0 Å². The van der Waals surface area contributed by atoms with Crippen molar-refractivity contribution in [3.8, 4) is 33.4 Å². The van der Waals surface area contributed by atoms with Crippen LogP contribution >= 0.6 is 0 Å². The van der Waals surface area contributed by atoms with Gasteiger partial charge in [-0.05, 0) is 137 Å². The van der Waals surface area contributed by atoms with Crippen LogP contribution in [0.5, 0.6) is 0 Å². The topological polar surface area (TPSA) is 0 Å². The van der Waals surface area contributed by atoms with Gasteiger partial charge in [0.25, 0.3) is 0 Å². The molecule has 268 valence electrons. The molecule has 0 heteroatoms. The van der Waals surface area contributed by atoms with E-state index >= 15 is 0 Å². The summed E-state index contributed by atoms with van der Waals surface area (Å²) < 4.78 is 0. The Labute approximate surface area is 328 Å². The van der Waals surface area contributed by atoms with Crippen LogP contribution in [0.25, 0.3) is 109 Å². The average Bonchev–Trinajstić information content (AvgIpc) is 3.71. The van der Waals surface area contributed by atoms with E-state index in [4.69, 9.17) is 0 Å². The summed E-state index contributed by atoms with van der Waals surface area (Å²) in [6.45, 7) is 14.0. The SMILES string of the molecule is CC(C)(C)c1cc(-c2ccc3c4c(-c5ccccc5)c5c(cc6c7ccccc7c7cccc5c76)c(-c5ccccc5)c4c4cccc2c43)cc(C(C)(C)C)c1. The van der Waals surface area contributed by atoms with E-state index in [0.717, 1.165) is 0 Å². The van der Waals surface area contributed by atoms with Crippen LogP contribution in [0.3, 0.4) is 0 Å². The molecule has 0 aliphatic rings. The Morgan fingerprint density at radius 1 is 0.268 bits per heavy atom. The van der Waals surface area contributed by atoms with Crippen molar-refractivity contribution in [1.29, 1.82) is 0 Å². The monoisotopic (exact) mass is 716 g/mol. The van der Waals surface area contributed by atoms with Gasteiger partial charge in [0.15, 0.2) is 0 Å². The highest BCUT2D eigenvalue weighted by Crippen LogP contribution is 2.55. The van der Waals surface area contributed by atoms with E-state index in [-0.39, 0.29) is 10.8 Å². The maximum Gasteiger partial charge on any atom is -0.000719 e. The molecule has 0 bridgehead atoms. The zero-order valence-electron chi connectivity index (χ0n) is 33.0. The van der Waals surface area contributed by atoms with Crippen molar-refractivity contribution in [2.45, 2.75) is 52.4 Å². The summed E-state index contributed by atoms with van der Waals surface area (Å²) in [6, 6.07) is 60.0. The minimum absolute atomic E-state index is 0.0287. The first kappa shape index (κ1) is 33.1. The third kappa shape index (κ3) is 4.66. The van der Waals surface area contributed by atoms with Crippen LogP contribution < -0.4 is 0 Å². The highest BCUT2D eigenvalue weighted by atomic mass is 14.3. The fraction of sp³-hybridized carbons (Fsp3) is 0.143. The molecule has 0 fully saturated rings. The van der Waals surface area contributed by atoms with Gasteiger partial charge < -0.3 is 0 Å². The van der Waals surface area contributed by atoms with E-state index < -0.39 is 0 Å². The predicted octanol–water partition coefficient (Wildman–Crippen LogP) is 16.2. The average molecular weight is 717 g/mol. The van der Waals surface area contributed by atoms with Gasteiger partial charge in [0.05, 0.1) is 0 Å². The molecule has 56 heavy (non-hydrogen) atoms. The van der Waals surface area contributed by atoms with Crippen molar-refractivity contribution in [2.24, 2.45) is 0 Å². The normalized spacial score (nSPS) is 12.8. The minimum Gasteiger partial charge on any atom is -0.0622 e. The van der Waals surface area contributed by atoms with E-state index in [0.29, 0.717) is 0 Å². The molecule has 0 aliphatic heterocycles. The van der Waals surface area contributed by atoms with Crippen molar-refractivity contribution in [1.82, 2.24) is 0 Å². The summed E-state index contributed by atoms with van der Waals surface area (Å²) in [5.74, 6) is 0. The molecule has 0 saturated heterocycles. The summed E-state index contributed by atoms with van der Waals surface area (Å²) in [6.07, 6.45) is 0. The zero-order valence-corrected chi connectivity index (χ0v) is 33.0. The molecule has 0 N–H and O–H groups in total. The van der Waals surface area contributed by atoms with Crippen molar-refractivity contribution in [2.75, 3.05) is 0 Å². The standard InChI is InChI=1S/C56H44/c1-55(2,3)36-29-35(30-37(31-36)56(4,5)6)38-27-28-45-50-41(38)23-15-26-44(50)53-48(33-17-9-7-10-18-33)47-32-46-40-22-14-13-21-39(40)42-24-16-25-43(51(42)46)52(47)49(54(45)53)34-19-11-8-12-20-34/h7-32H,1-6H3. The Balaban J connectivity index is 1.39. The quantitative estimate of drug-likeness (QED) is 0.160. The first-order valence-electron chi connectivity index (χ1n) is 20.1. The van der Waals surface area contributed by atoms with Gasteiger partial charge in [0, 0.05) is 0 Å². The van der Waals surface area contributed by atoms with Crippen molar-refractivity contribution >= 4 is 75.4 Å². The first-order valence-corrected chi connectivity index (χ1v) is 20.1. The second-order valence-corrected chi connectivity index (χ2v) is 18.0. The zero-order chi connectivity index (χ0) is 38.1. The van der Waals surface area contributed by atoms with E-state index in [1.165, 1.54) is 120 Å². The predicted molar refractivity (Wildman–Crippen MR) is 245 cm³/mol. The Morgan fingerprint density at radius 3 is 1.36 bits per heavy atom. The third-order valence-electron chi connectivity index (χ3n) is 12.6. The Morgan fingerprint density at radius 2 is 0.732 bits per heavy atom. The lowest BCUT2D eigenvalue weighted by molar-refractivity contribution is 0.569. The van der Waals surface area contributed by atoms with Gasteiger partial charge >= 0.3 is 0 Å². The van der Waals surface area contributed by atoms with E-state index in [2.05, 4.69) is 199 Å². The lowest BCUT2D eigenvalue weighted by Crippen LogP contribution is -2.16. The van der Waals surface area contributed by atoms with Crippen LogP contribution in [0, 0.1) is 0 Å². The van der Waals surface area contributed by atoms with Crippen LogP contribution in [0.2, 0.25) is 0 Å². The smallest absolute Gasteiger partial charge is 0.000719 e. The van der Waals surface area contributed by atoms with Gasteiger partial charge in [0.2, 0.25) is 0 Å². The van der Waals surface area contributed by atoms with Crippen molar-refractivity contribution < 1.29 is 0 Å². The molecule has 11 aromatic rings. The van der Waals surface area contributed by atoms with E-state index in [1.54, 1.807) is 0 Å². The molecule has 0 heterocycles. The summed E-state index contributed by atoms with van der Waals surface area (Å²) in [5.41, 5.74) is 10.5. The molecule has 0 aromatic heterocycles. The molecule has 0 saturated carbocycles.